The molecular formula is C24H29NO2Te. The maximum absolute atomic E-state index is 13.1. The van der Waals surface area contributed by atoms with Gasteiger partial charge in [0, 0.05) is 0 Å². The summed E-state index contributed by atoms with van der Waals surface area (Å²) in [6.07, 6.45) is 8.40. The molecule has 0 fully saturated rings. The minimum absolute atomic E-state index is 0.166. The van der Waals surface area contributed by atoms with Gasteiger partial charge in [0.15, 0.2) is 0 Å². The third kappa shape index (κ3) is 4.14. The van der Waals surface area contributed by atoms with Crippen LogP contribution in [0.3, 0.4) is 0 Å². The zero-order valence-electron chi connectivity index (χ0n) is 17.8. The van der Waals surface area contributed by atoms with E-state index in [9.17, 15) is 9.90 Å². The first-order valence-electron chi connectivity index (χ1n) is 9.53. The fourth-order valence-electron chi connectivity index (χ4n) is 3.33. The summed E-state index contributed by atoms with van der Waals surface area (Å²) < 4.78 is 2.64. The van der Waals surface area contributed by atoms with E-state index < -0.39 is 20.9 Å². The molecule has 0 saturated heterocycles. The van der Waals surface area contributed by atoms with Crippen molar-refractivity contribution in [2.75, 3.05) is 11.9 Å². The van der Waals surface area contributed by atoms with Crippen molar-refractivity contribution in [1.29, 1.82) is 0 Å². The second-order valence-electron chi connectivity index (χ2n) is 9.43. The van der Waals surface area contributed by atoms with Crippen molar-refractivity contribution in [3.63, 3.8) is 0 Å². The molecule has 28 heavy (non-hydrogen) atoms. The summed E-state index contributed by atoms with van der Waals surface area (Å²) in [5, 5.41) is 9.78. The van der Waals surface area contributed by atoms with E-state index in [1.165, 1.54) is 7.36 Å². The quantitative estimate of drug-likeness (QED) is 0.590. The number of nitrogens with zero attached hydrogens (tertiary/aromatic N) is 1. The molecule has 4 heteroatoms. The number of ketones is 1. The molecule has 0 atom stereocenters. The van der Waals surface area contributed by atoms with Crippen LogP contribution in [0.25, 0.3) is 0 Å². The number of hydrogen-bond acceptors (Lipinski definition) is 3. The summed E-state index contributed by atoms with van der Waals surface area (Å²) in [5.74, 6) is 0.471. The van der Waals surface area contributed by atoms with E-state index in [-0.39, 0.29) is 16.6 Å². The van der Waals surface area contributed by atoms with Gasteiger partial charge in [-0.1, -0.05) is 0 Å². The first-order valence-corrected chi connectivity index (χ1v) is 11.9. The summed E-state index contributed by atoms with van der Waals surface area (Å²) in [4.78, 5) is 15.2. The van der Waals surface area contributed by atoms with Crippen molar-refractivity contribution in [2.24, 2.45) is 10.8 Å². The van der Waals surface area contributed by atoms with Crippen molar-refractivity contribution < 1.29 is 9.90 Å². The molecule has 1 N–H and O–H groups in total. The molecule has 1 aromatic rings. The number of rotatable bonds is 1. The fourth-order valence-corrected chi connectivity index (χ4v) is 6.28. The van der Waals surface area contributed by atoms with Crippen LogP contribution < -0.4 is 8.51 Å². The number of phenolic OH excluding ortho intramolecular Hbond substituents is 1. The number of carbonyl (C=O) groups excluding carboxylic acids is 1. The molecule has 1 aliphatic carbocycles. The van der Waals surface area contributed by atoms with Gasteiger partial charge in [-0.25, -0.2) is 0 Å². The molecule has 3 rings (SSSR count). The monoisotopic (exact) mass is 493 g/mol. The van der Waals surface area contributed by atoms with Crippen molar-refractivity contribution >= 4 is 36.0 Å². The Kier molecular flexibility index (Phi) is 5.42. The van der Waals surface area contributed by atoms with Gasteiger partial charge in [-0.3, -0.25) is 0 Å². The predicted octanol–water partition coefficient (Wildman–Crippen LogP) is 4.47. The van der Waals surface area contributed by atoms with Crippen LogP contribution in [-0.4, -0.2) is 38.9 Å². The van der Waals surface area contributed by atoms with Crippen LogP contribution in [0.5, 0.6) is 5.75 Å². The van der Waals surface area contributed by atoms with Crippen molar-refractivity contribution in [2.45, 2.75) is 41.5 Å². The van der Waals surface area contributed by atoms with Crippen LogP contribution in [0.15, 0.2) is 63.0 Å². The third-order valence-electron chi connectivity index (χ3n) is 4.99. The zero-order valence-corrected chi connectivity index (χ0v) is 20.1. The van der Waals surface area contributed by atoms with E-state index in [4.69, 9.17) is 0 Å². The van der Waals surface area contributed by atoms with E-state index in [0.717, 1.165) is 22.4 Å². The number of fused-ring (bicyclic) bond motifs is 1. The molecule has 1 aromatic carbocycles. The van der Waals surface area contributed by atoms with Gasteiger partial charge in [-0.2, -0.15) is 0 Å². The Morgan fingerprint density at radius 2 is 1.54 bits per heavy atom. The Balaban J connectivity index is 2.00. The van der Waals surface area contributed by atoms with Gasteiger partial charge >= 0.3 is 179 Å². The van der Waals surface area contributed by atoms with Gasteiger partial charge in [0.05, 0.1) is 0 Å². The van der Waals surface area contributed by atoms with Gasteiger partial charge in [0.1, 0.15) is 0 Å². The van der Waals surface area contributed by atoms with E-state index >= 15 is 0 Å². The number of phenols is 1. The number of allylic oxidation sites excluding steroid dienone is 7. The van der Waals surface area contributed by atoms with E-state index in [1.54, 1.807) is 6.07 Å². The standard InChI is InChI=1S/C24H29NO2Te/c1-23(2,3)17-12-15(13-18(22(17)27)24(4,5)6)8-11-21-25(7)19-14-16(26)9-10-20(19)28-21/h8-14,26H,1-7H3. The van der Waals surface area contributed by atoms with E-state index in [1.807, 2.05) is 24.3 Å². The van der Waals surface area contributed by atoms with Gasteiger partial charge in [-0.05, 0) is 0 Å². The molecule has 0 saturated carbocycles. The van der Waals surface area contributed by atoms with Crippen LogP contribution in [0.4, 0.5) is 5.69 Å². The Hall–Kier alpha value is -1.76. The molecule has 3 nitrogen and oxygen atoms in total. The van der Waals surface area contributed by atoms with Gasteiger partial charge < -0.3 is 0 Å². The number of carbonyl (C=O) groups is 1. The molecule has 148 valence electrons. The van der Waals surface area contributed by atoms with Crippen molar-refractivity contribution in [1.82, 2.24) is 0 Å². The number of anilines is 1. The molecule has 1 heterocycles. The fraction of sp³-hybridized carbons (Fsp3) is 0.375. The molecule has 1 aliphatic heterocycles. The number of Topliss-reactive ketones (excluding diaryl/α,β-unsaturated/α-hetero) is 1. The molecule has 0 aromatic heterocycles. The third-order valence-corrected chi connectivity index (χ3v) is 8.37. The second kappa shape index (κ2) is 7.25. The van der Waals surface area contributed by atoms with Crippen LogP contribution in [0.1, 0.15) is 41.5 Å². The Morgan fingerprint density at radius 1 is 0.964 bits per heavy atom. The summed E-state index contributed by atoms with van der Waals surface area (Å²) in [6.45, 7) is 12.6. The average Bonchev–Trinajstić information content (AvgIpc) is 2.87. The molecule has 0 unspecified atom stereocenters. The molecular weight excluding hydrogens is 462 g/mol. The zero-order chi connectivity index (χ0) is 20.9. The second-order valence-corrected chi connectivity index (χ2v) is 12.5. The van der Waals surface area contributed by atoms with Gasteiger partial charge in [-0.15, -0.1) is 0 Å². The first kappa shape index (κ1) is 21.0. The van der Waals surface area contributed by atoms with Crippen molar-refractivity contribution in [3.05, 3.63) is 63.0 Å². The first-order chi connectivity index (χ1) is 12.9. The normalized spacial score (nSPS) is 19.0. The maximum atomic E-state index is 13.1. The predicted molar refractivity (Wildman–Crippen MR) is 118 cm³/mol. The van der Waals surface area contributed by atoms with E-state index in [0.29, 0.717) is 5.75 Å². The van der Waals surface area contributed by atoms with Gasteiger partial charge in [0.2, 0.25) is 0 Å². The van der Waals surface area contributed by atoms with Crippen LogP contribution in [-0.2, 0) is 4.79 Å². The Bertz CT molecular complexity index is 914. The minimum atomic E-state index is -0.483. The summed E-state index contributed by atoms with van der Waals surface area (Å²) in [5.41, 5.74) is 3.52. The summed E-state index contributed by atoms with van der Waals surface area (Å²) >= 11 is -0.483. The number of hydrogen-bond donors (Lipinski definition) is 1. The Morgan fingerprint density at radius 3 is 2.07 bits per heavy atom. The molecule has 0 bridgehead atoms. The van der Waals surface area contributed by atoms with Crippen LogP contribution in [0.2, 0.25) is 0 Å². The van der Waals surface area contributed by atoms with Crippen LogP contribution in [0, 0.1) is 10.8 Å². The van der Waals surface area contributed by atoms with E-state index in [2.05, 4.69) is 65.6 Å². The summed E-state index contributed by atoms with van der Waals surface area (Å²) in [7, 11) is 2.05. The number of aromatic hydroxyl groups is 1. The van der Waals surface area contributed by atoms with Crippen LogP contribution >= 0.6 is 0 Å². The topological polar surface area (TPSA) is 40.5 Å². The SMILES string of the molecule is CN1C(=CC=C2C=C(C(C)(C)C)C(=O)C(C(C)(C)C)=C2)[Te]c2ccc(O)cc21. The Labute approximate surface area is 178 Å². The molecule has 0 spiro atoms. The molecule has 0 radical (unpaired) electrons. The number of benzene rings is 1. The van der Waals surface area contributed by atoms with Gasteiger partial charge in [0.25, 0.3) is 0 Å². The van der Waals surface area contributed by atoms with Crippen molar-refractivity contribution in [3.8, 4) is 5.75 Å². The molecule has 2 aliphatic rings. The molecule has 0 amide bonds. The summed E-state index contributed by atoms with van der Waals surface area (Å²) in [6, 6.07) is 5.64. The average molecular weight is 491 g/mol.